The lowest BCUT2D eigenvalue weighted by molar-refractivity contribution is -0.0582. The first-order chi connectivity index (χ1) is 26.8. The first kappa shape index (κ1) is 43.4. The fourth-order valence-electron chi connectivity index (χ4n) is 7.09. The van der Waals surface area contributed by atoms with E-state index in [1.54, 1.807) is 36.3 Å². The SMILES string of the molecule is CCO[C@H](C)COCc1ccc([C@H]2[C@H](COS(=O)(=O)c3ccc(C)cc3)CN(C(=O)OC(C)(C)C)C[C@@H]2OCc2ccc3c(c2)N(CCCOC)CCO3)cc1. The van der Waals surface area contributed by atoms with Gasteiger partial charge in [-0.1, -0.05) is 48.0 Å². The fourth-order valence-corrected chi connectivity index (χ4v) is 8.04. The highest BCUT2D eigenvalue weighted by atomic mass is 32.2. The Morgan fingerprint density at radius 2 is 1.71 bits per heavy atom. The Kier molecular flexibility index (Phi) is 15.6. The molecule has 2 heterocycles. The van der Waals surface area contributed by atoms with Crippen LogP contribution >= 0.6 is 0 Å². The van der Waals surface area contributed by atoms with Crippen LogP contribution in [0.2, 0.25) is 0 Å². The first-order valence-corrected chi connectivity index (χ1v) is 21.0. The summed E-state index contributed by atoms with van der Waals surface area (Å²) in [5.74, 6) is 0.0256. The lowest BCUT2D eigenvalue weighted by atomic mass is 9.78. The minimum absolute atomic E-state index is 0.00865. The maximum atomic E-state index is 13.7. The summed E-state index contributed by atoms with van der Waals surface area (Å²) in [6.07, 6.45) is -0.152. The van der Waals surface area contributed by atoms with E-state index in [0.29, 0.717) is 33.0 Å². The van der Waals surface area contributed by atoms with E-state index in [1.165, 1.54) is 0 Å². The van der Waals surface area contributed by atoms with Gasteiger partial charge in [-0.15, -0.1) is 0 Å². The minimum Gasteiger partial charge on any atom is -0.490 e. The van der Waals surface area contributed by atoms with E-state index in [0.717, 1.165) is 53.2 Å². The standard InChI is InChI=1S/C43H60N2O10S/c1-8-51-32(3)27-50-28-33-12-15-35(16-13-33)41-36(30-54-56(47,48)37-17-10-31(2)11-18-37)25-45(42(46)55-43(4,5)6)26-40(41)53-29-34-14-19-39-38(24-34)44(21-23-52-39)20-9-22-49-7/h10-19,24,32,36,40-41H,8-9,20-23,25-30H2,1-7H3/t32-,36+,40+,41+/m1/s1. The van der Waals surface area contributed by atoms with Gasteiger partial charge in [0.2, 0.25) is 0 Å². The molecule has 0 unspecified atom stereocenters. The molecule has 0 radical (unpaired) electrons. The molecule has 1 amide bonds. The predicted octanol–water partition coefficient (Wildman–Crippen LogP) is 7.11. The minimum atomic E-state index is -4.10. The number of piperidine rings is 1. The van der Waals surface area contributed by atoms with Crippen LogP contribution in [0.1, 0.15) is 69.2 Å². The molecule has 3 aromatic carbocycles. The fraction of sp³-hybridized carbons (Fsp3) is 0.558. The van der Waals surface area contributed by atoms with E-state index < -0.39 is 33.8 Å². The highest BCUT2D eigenvalue weighted by molar-refractivity contribution is 7.86. The van der Waals surface area contributed by atoms with Gasteiger partial charge in [-0.2, -0.15) is 8.42 Å². The number of anilines is 1. The van der Waals surface area contributed by atoms with Gasteiger partial charge in [-0.3, -0.25) is 4.18 Å². The summed E-state index contributed by atoms with van der Waals surface area (Å²) < 4.78 is 68.2. The largest absolute Gasteiger partial charge is 0.490 e. The summed E-state index contributed by atoms with van der Waals surface area (Å²) in [4.78, 5) is 17.6. The van der Waals surface area contributed by atoms with Crippen LogP contribution < -0.4 is 9.64 Å². The van der Waals surface area contributed by atoms with Gasteiger partial charge in [0, 0.05) is 45.2 Å². The number of amides is 1. The Balaban J connectivity index is 1.44. The summed E-state index contributed by atoms with van der Waals surface area (Å²) in [5.41, 5.74) is 4.08. The van der Waals surface area contributed by atoms with Crippen molar-refractivity contribution in [1.82, 2.24) is 4.90 Å². The molecule has 2 aliphatic heterocycles. The van der Waals surface area contributed by atoms with Crippen LogP contribution in [0.25, 0.3) is 0 Å². The van der Waals surface area contributed by atoms with Crippen molar-refractivity contribution >= 4 is 21.9 Å². The van der Waals surface area contributed by atoms with Crippen LogP contribution in [0.15, 0.2) is 71.6 Å². The predicted molar refractivity (Wildman–Crippen MR) is 215 cm³/mol. The zero-order chi connectivity index (χ0) is 40.3. The molecule has 4 atom stereocenters. The maximum absolute atomic E-state index is 13.7. The van der Waals surface area contributed by atoms with Crippen molar-refractivity contribution in [3.8, 4) is 5.75 Å². The molecule has 56 heavy (non-hydrogen) atoms. The number of nitrogens with zero attached hydrogens (tertiary/aromatic N) is 2. The molecule has 0 aliphatic carbocycles. The molecule has 0 saturated carbocycles. The Morgan fingerprint density at radius 3 is 2.41 bits per heavy atom. The summed E-state index contributed by atoms with van der Waals surface area (Å²) in [5, 5.41) is 0. The monoisotopic (exact) mass is 796 g/mol. The number of likely N-dealkylation sites (tertiary alicyclic amines) is 1. The molecular weight excluding hydrogens is 737 g/mol. The van der Waals surface area contributed by atoms with Gasteiger partial charge >= 0.3 is 6.09 Å². The summed E-state index contributed by atoms with van der Waals surface area (Å²) in [6.45, 7) is 16.2. The van der Waals surface area contributed by atoms with Gasteiger partial charge < -0.3 is 38.2 Å². The number of ether oxygens (including phenoxy) is 6. The van der Waals surface area contributed by atoms with Gasteiger partial charge in [0.05, 0.1) is 62.3 Å². The maximum Gasteiger partial charge on any atom is 0.410 e. The van der Waals surface area contributed by atoms with Crippen LogP contribution in [-0.4, -0.2) is 104 Å². The topological polar surface area (TPSA) is 122 Å². The quantitative estimate of drug-likeness (QED) is 0.0967. The molecule has 0 spiro atoms. The number of benzene rings is 3. The third-order valence-corrected chi connectivity index (χ3v) is 11.1. The van der Waals surface area contributed by atoms with Crippen molar-refractivity contribution in [2.75, 3.05) is 71.2 Å². The highest BCUT2D eigenvalue weighted by Crippen LogP contribution is 2.38. The van der Waals surface area contributed by atoms with E-state index in [9.17, 15) is 13.2 Å². The average molecular weight is 797 g/mol. The van der Waals surface area contributed by atoms with Gasteiger partial charge in [0.1, 0.15) is 18.0 Å². The van der Waals surface area contributed by atoms with Crippen LogP contribution in [0.3, 0.4) is 0 Å². The lowest BCUT2D eigenvalue weighted by Crippen LogP contribution is -2.53. The molecule has 0 bridgehead atoms. The van der Waals surface area contributed by atoms with Gasteiger partial charge in [0.25, 0.3) is 10.1 Å². The molecule has 0 N–H and O–H groups in total. The van der Waals surface area contributed by atoms with E-state index in [2.05, 4.69) is 11.0 Å². The van der Waals surface area contributed by atoms with Crippen molar-refractivity contribution in [1.29, 1.82) is 0 Å². The average Bonchev–Trinajstić information content (AvgIpc) is 3.16. The van der Waals surface area contributed by atoms with Crippen molar-refractivity contribution < 1.29 is 45.8 Å². The zero-order valence-electron chi connectivity index (χ0n) is 34.0. The third kappa shape index (κ3) is 12.4. The number of aryl methyl sites for hydroxylation is 1. The van der Waals surface area contributed by atoms with E-state index in [-0.39, 0.29) is 43.2 Å². The van der Waals surface area contributed by atoms with Crippen molar-refractivity contribution in [3.05, 3.63) is 89.0 Å². The Morgan fingerprint density at radius 1 is 0.982 bits per heavy atom. The van der Waals surface area contributed by atoms with Crippen molar-refractivity contribution in [3.63, 3.8) is 0 Å². The zero-order valence-corrected chi connectivity index (χ0v) is 34.8. The van der Waals surface area contributed by atoms with Crippen LogP contribution in [0.5, 0.6) is 5.75 Å². The molecule has 12 nitrogen and oxygen atoms in total. The molecule has 13 heteroatoms. The highest BCUT2D eigenvalue weighted by Gasteiger charge is 2.42. The first-order valence-electron chi connectivity index (χ1n) is 19.6. The summed E-state index contributed by atoms with van der Waals surface area (Å²) >= 11 is 0. The van der Waals surface area contributed by atoms with E-state index >= 15 is 0 Å². The normalized spacial score (nSPS) is 19.3. The van der Waals surface area contributed by atoms with E-state index in [4.69, 9.17) is 32.6 Å². The van der Waals surface area contributed by atoms with Crippen LogP contribution in [0.4, 0.5) is 10.5 Å². The molecule has 0 aromatic heterocycles. The second kappa shape index (κ2) is 20.1. The molecule has 308 valence electrons. The van der Waals surface area contributed by atoms with Gasteiger partial charge in [0.15, 0.2) is 0 Å². The van der Waals surface area contributed by atoms with Crippen LogP contribution in [-0.2, 0) is 51.2 Å². The summed E-state index contributed by atoms with van der Waals surface area (Å²) in [6, 6.07) is 20.7. The Labute approximate surface area is 333 Å². The number of carbonyl (C=O) groups excluding carboxylic acids is 1. The number of hydrogen-bond acceptors (Lipinski definition) is 11. The van der Waals surface area contributed by atoms with Gasteiger partial charge in [-0.05, 0) is 88.9 Å². The van der Waals surface area contributed by atoms with Crippen LogP contribution in [0, 0.1) is 12.8 Å². The Bertz CT molecular complexity index is 1800. The number of methoxy groups -OCH3 is 1. The van der Waals surface area contributed by atoms with E-state index in [1.807, 2.05) is 77.9 Å². The second-order valence-electron chi connectivity index (χ2n) is 15.6. The third-order valence-electron chi connectivity index (χ3n) is 9.82. The van der Waals surface area contributed by atoms with Gasteiger partial charge in [-0.25, -0.2) is 4.79 Å². The molecule has 1 fully saturated rings. The smallest absolute Gasteiger partial charge is 0.410 e. The number of fused-ring (bicyclic) bond motifs is 1. The van der Waals surface area contributed by atoms with Crippen molar-refractivity contribution in [2.24, 2.45) is 5.92 Å². The lowest BCUT2D eigenvalue weighted by Gasteiger charge is -2.44. The molecule has 3 aromatic rings. The van der Waals surface area contributed by atoms with Crippen molar-refractivity contribution in [2.45, 2.75) is 89.8 Å². The molecule has 5 rings (SSSR count). The Hall–Kier alpha value is -3.72. The number of rotatable bonds is 18. The molecular formula is C43H60N2O10S. The summed E-state index contributed by atoms with van der Waals surface area (Å²) in [7, 11) is -2.39. The molecule has 1 saturated heterocycles. The second-order valence-corrected chi connectivity index (χ2v) is 17.2. The number of hydrogen-bond donors (Lipinski definition) is 0. The number of carbonyl (C=O) groups is 1. The molecule has 2 aliphatic rings.